The molecule has 1 aromatic carbocycles. The summed E-state index contributed by atoms with van der Waals surface area (Å²) in [5.41, 5.74) is 1.05. The highest BCUT2D eigenvalue weighted by Gasteiger charge is 2.15. The molecule has 0 aliphatic heterocycles. The average Bonchev–Trinajstić information content (AvgIpc) is 2.93. The number of hydrogen-bond acceptors (Lipinski definition) is 3. The van der Waals surface area contributed by atoms with Crippen LogP contribution in [0.25, 0.3) is 0 Å². The molecule has 0 aliphatic carbocycles. The molecule has 0 bridgehead atoms. The van der Waals surface area contributed by atoms with E-state index < -0.39 is 6.10 Å². The van der Waals surface area contributed by atoms with Gasteiger partial charge in [0.15, 0.2) is 0 Å². The quantitative estimate of drug-likeness (QED) is 0.842. The van der Waals surface area contributed by atoms with Crippen LogP contribution in [0.2, 0.25) is 0 Å². The van der Waals surface area contributed by atoms with Gasteiger partial charge in [-0.15, -0.1) is 11.3 Å². The van der Waals surface area contributed by atoms with Gasteiger partial charge >= 0.3 is 0 Å². The van der Waals surface area contributed by atoms with Gasteiger partial charge in [0.25, 0.3) is 0 Å². The van der Waals surface area contributed by atoms with Crippen LogP contribution in [0.4, 0.5) is 4.39 Å². The Morgan fingerprint density at radius 1 is 1.20 bits per heavy atom. The molecule has 0 radical (unpaired) electrons. The van der Waals surface area contributed by atoms with Gasteiger partial charge in [0.1, 0.15) is 5.82 Å². The normalized spacial score (nSPS) is 15.8. The Bertz CT molecular complexity index is 512. The molecule has 20 heavy (non-hydrogen) atoms. The summed E-state index contributed by atoms with van der Waals surface area (Å²) in [4.78, 5) is 0.994. The molecule has 2 aromatic rings. The summed E-state index contributed by atoms with van der Waals surface area (Å²) in [6.07, 6.45) is 0.226. The van der Waals surface area contributed by atoms with Gasteiger partial charge in [-0.3, -0.25) is 0 Å². The van der Waals surface area contributed by atoms with E-state index in [1.807, 2.05) is 24.4 Å². The Balaban J connectivity index is 1.87. The van der Waals surface area contributed by atoms with Crippen LogP contribution in [0.3, 0.4) is 0 Å². The molecule has 2 rings (SSSR count). The zero-order chi connectivity index (χ0) is 14.5. The van der Waals surface area contributed by atoms with Gasteiger partial charge in [0.05, 0.1) is 6.10 Å². The van der Waals surface area contributed by atoms with Gasteiger partial charge in [-0.25, -0.2) is 4.39 Å². The Kier molecular flexibility index (Phi) is 5.29. The van der Waals surface area contributed by atoms with Gasteiger partial charge in [0.2, 0.25) is 0 Å². The molecule has 0 saturated heterocycles. The molecule has 3 unspecified atom stereocenters. The number of aliphatic hydroxyl groups excluding tert-OH is 1. The zero-order valence-electron chi connectivity index (χ0n) is 11.7. The van der Waals surface area contributed by atoms with E-state index in [1.54, 1.807) is 23.5 Å². The van der Waals surface area contributed by atoms with Crippen molar-refractivity contribution in [2.75, 3.05) is 0 Å². The number of halogens is 1. The monoisotopic (exact) mass is 293 g/mol. The van der Waals surface area contributed by atoms with Gasteiger partial charge < -0.3 is 10.4 Å². The third-order valence-corrected chi connectivity index (χ3v) is 4.33. The van der Waals surface area contributed by atoms with Crippen LogP contribution in [-0.4, -0.2) is 11.1 Å². The summed E-state index contributed by atoms with van der Waals surface area (Å²) in [6.45, 7) is 4.10. The minimum atomic E-state index is -0.432. The fraction of sp³-hybridized carbons (Fsp3) is 0.375. The first-order valence-corrected chi connectivity index (χ1v) is 7.67. The van der Waals surface area contributed by atoms with Crippen molar-refractivity contribution >= 4 is 11.3 Å². The third kappa shape index (κ3) is 4.13. The molecule has 2 N–H and O–H groups in total. The van der Waals surface area contributed by atoms with Gasteiger partial charge in [0, 0.05) is 17.0 Å². The molecule has 4 heteroatoms. The second kappa shape index (κ2) is 6.97. The zero-order valence-corrected chi connectivity index (χ0v) is 12.5. The first kappa shape index (κ1) is 15.2. The second-order valence-corrected chi connectivity index (χ2v) is 6.09. The molecule has 1 heterocycles. The van der Waals surface area contributed by atoms with E-state index in [2.05, 4.69) is 12.2 Å². The Labute approximate surface area is 123 Å². The maximum Gasteiger partial charge on any atom is 0.123 e. The lowest BCUT2D eigenvalue weighted by Gasteiger charge is -2.22. The molecule has 0 amide bonds. The van der Waals surface area contributed by atoms with Crippen LogP contribution in [0.5, 0.6) is 0 Å². The number of benzene rings is 1. The lowest BCUT2D eigenvalue weighted by molar-refractivity contribution is 0.155. The summed E-state index contributed by atoms with van der Waals surface area (Å²) in [5, 5.41) is 15.5. The number of rotatable bonds is 6. The highest BCUT2D eigenvalue weighted by Crippen LogP contribution is 2.24. The van der Waals surface area contributed by atoms with Gasteiger partial charge in [-0.2, -0.15) is 0 Å². The van der Waals surface area contributed by atoms with Crippen molar-refractivity contribution in [3.05, 3.63) is 58.0 Å². The fourth-order valence-corrected chi connectivity index (χ4v) is 3.00. The van der Waals surface area contributed by atoms with E-state index >= 15 is 0 Å². The maximum atomic E-state index is 12.9. The molecule has 0 saturated carbocycles. The summed E-state index contributed by atoms with van der Waals surface area (Å²) in [5.74, 6) is -0.220. The molecule has 2 nitrogen and oxygen atoms in total. The van der Waals surface area contributed by atoms with E-state index in [0.29, 0.717) is 6.42 Å². The molecule has 0 aliphatic rings. The van der Waals surface area contributed by atoms with Crippen molar-refractivity contribution in [2.24, 2.45) is 0 Å². The largest absolute Gasteiger partial charge is 0.388 e. The average molecular weight is 293 g/mol. The molecular formula is C16H20FNOS. The summed E-state index contributed by atoms with van der Waals surface area (Å²) >= 11 is 1.57. The topological polar surface area (TPSA) is 32.3 Å². The summed E-state index contributed by atoms with van der Waals surface area (Å²) in [6, 6.07) is 10.7. The van der Waals surface area contributed by atoms with Crippen molar-refractivity contribution < 1.29 is 9.50 Å². The molecule has 3 atom stereocenters. The SMILES string of the molecule is CC(CC(O)c1cccs1)NC(C)c1ccc(F)cc1. The van der Waals surface area contributed by atoms with E-state index in [4.69, 9.17) is 0 Å². The minimum Gasteiger partial charge on any atom is -0.388 e. The predicted octanol–water partition coefficient (Wildman–Crippen LogP) is 4.05. The number of nitrogens with one attached hydrogen (secondary N) is 1. The number of hydrogen-bond donors (Lipinski definition) is 2. The molecule has 0 fully saturated rings. The second-order valence-electron chi connectivity index (χ2n) is 5.11. The third-order valence-electron chi connectivity index (χ3n) is 3.35. The van der Waals surface area contributed by atoms with Gasteiger partial charge in [-0.05, 0) is 49.4 Å². The standard InChI is InChI=1S/C16H20FNOS/c1-11(10-15(19)16-4-3-9-20-16)18-12(2)13-5-7-14(17)8-6-13/h3-9,11-12,15,18-19H,10H2,1-2H3. The van der Waals surface area contributed by atoms with Crippen molar-refractivity contribution in [1.29, 1.82) is 0 Å². The molecular weight excluding hydrogens is 273 g/mol. The Hall–Kier alpha value is -1.23. The van der Waals surface area contributed by atoms with E-state index in [9.17, 15) is 9.50 Å². The first-order valence-electron chi connectivity index (χ1n) is 6.79. The number of aliphatic hydroxyl groups is 1. The van der Waals surface area contributed by atoms with Crippen LogP contribution >= 0.6 is 11.3 Å². The van der Waals surface area contributed by atoms with Crippen LogP contribution in [0, 0.1) is 5.82 Å². The van der Waals surface area contributed by atoms with Crippen molar-refractivity contribution in [1.82, 2.24) is 5.32 Å². The first-order chi connectivity index (χ1) is 9.56. The van der Waals surface area contributed by atoms with Crippen LogP contribution in [0.1, 0.15) is 42.9 Å². The van der Waals surface area contributed by atoms with Crippen molar-refractivity contribution in [3.63, 3.8) is 0 Å². The van der Waals surface area contributed by atoms with Crippen molar-refractivity contribution in [2.45, 2.75) is 38.5 Å². The van der Waals surface area contributed by atoms with Crippen LogP contribution < -0.4 is 5.32 Å². The summed E-state index contributed by atoms with van der Waals surface area (Å²) < 4.78 is 12.9. The lowest BCUT2D eigenvalue weighted by Crippen LogP contribution is -2.30. The van der Waals surface area contributed by atoms with Crippen LogP contribution in [-0.2, 0) is 0 Å². The molecule has 1 aromatic heterocycles. The molecule has 108 valence electrons. The summed E-state index contributed by atoms with van der Waals surface area (Å²) in [7, 11) is 0. The van der Waals surface area contributed by atoms with Crippen LogP contribution in [0.15, 0.2) is 41.8 Å². The molecule has 0 spiro atoms. The predicted molar refractivity (Wildman–Crippen MR) is 81.3 cm³/mol. The highest BCUT2D eigenvalue weighted by atomic mass is 32.1. The van der Waals surface area contributed by atoms with E-state index in [-0.39, 0.29) is 17.9 Å². The fourth-order valence-electron chi connectivity index (χ4n) is 2.27. The van der Waals surface area contributed by atoms with Gasteiger partial charge in [-0.1, -0.05) is 18.2 Å². The highest BCUT2D eigenvalue weighted by molar-refractivity contribution is 7.10. The minimum absolute atomic E-state index is 0.126. The lowest BCUT2D eigenvalue weighted by atomic mass is 10.0. The van der Waals surface area contributed by atoms with Crippen molar-refractivity contribution in [3.8, 4) is 0 Å². The number of thiophene rings is 1. The Morgan fingerprint density at radius 3 is 2.50 bits per heavy atom. The smallest absolute Gasteiger partial charge is 0.123 e. The Morgan fingerprint density at radius 2 is 1.90 bits per heavy atom. The van der Waals surface area contributed by atoms with E-state index in [1.165, 1.54) is 12.1 Å². The van der Waals surface area contributed by atoms with E-state index in [0.717, 1.165) is 10.4 Å². The maximum absolute atomic E-state index is 12.9.